The number of hydrogen-bond donors (Lipinski definition) is 2. The molecule has 2 N–H and O–H groups in total. The van der Waals surface area contributed by atoms with Gasteiger partial charge in [0, 0.05) is 30.4 Å². The molecule has 1 atom stereocenters. The van der Waals surface area contributed by atoms with Gasteiger partial charge in [0.15, 0.2) is 5.13 Å². The van der Waals surface area contributed by atoms with Crippen molar-refractivity contribution in [3.8, 4) is 6.07 Å². The van der Waals surface area contributed by atoms with Crippen LogP contribution in [0, 0.1) is 17.2 Å². The van der Waals surface area contributed by atoms with Gasteiger partial charge in [-0.25, -0.2) is 9.78 Å². The number of nitrogens with zero attached hydrogens (tertiary/aromatic N) is 3. The predicted molar refractivity (Wildman–Crippen MR) is 95.2 cm³/mol. The fourth-order valence-corrected chi connectivity index (χ4v) is 3.27. The molecule has 1 aromatic heterocycles. The second-order valence-corrected chi connectivity index (χ2v) is 6.63. The van der Waals surface area contributed by atoms with Crippen LogP contribution >= 0.6 is 11.3 Å². The first-order valence-corrected chi connectivity index (χ1v) is 8.80. The van der Waals surface area contributed by atoms with Crippen molar-refractivity contribution in [2.24, 2.45) is 5.92 Å². The van der Waals surface area contributed by atoms with E-state index in [1.807, 2.05) is 6.07 Å². The molecule has 0 aliphatic carbocycles. The van der Waals surface area contributed by atoms with Gasteiger partial charge in [0.1, 0.15) is 0 Å². The summed E-state index contributed by atoms with van der Waals surface area (Å²) in [7, 11) is 0. The Labute approximate surface area is 149 Å². The van der Waals surface area contributed by atoms with Crippen LogP contribution in [0.5, 0.6) is 0 Å². The molecule has 8 heteroatoms. The molecule has 3 amide bonds. The zero-order valence-corrected chi connectivity index (χ0v) is 14.3. The lowest BCUT2D eigenvalue weighted by atomic mass is 9.97. The summed E-state index contributed by atoms with van der Waals surface area (Å²) in [5.74, 6) is -0.368. The molecule has 1 saturated heterocycles. The molecular formula is C17H17N5O2S. The highest BCUT2D eigenvalue weighted by Crippen LogP contribution is 2.21. The molecule has 0 unspecified atom stereocenters. The minimum Gasteiger partial charge on any atom is -0.324 e. The molecule has 0 radical (unpaired) electrons. The van der Waals surface area contributed by atoms with Crippen LogP contribution in [0.15, 0.2) is 35.8 Å². The number of likely N-dealkylation sites (tertiary alicyclic amines) is 1. The molecule has 2 heterocycles. The largest absolute Gasteiger partial charge is 0.324 e. The van der Waals surface area contributed by atoms with Crippen molar-refractivity contribution in [1.82, 2.24) is 9.88 Å². The highest BCUT2D eigenvalue weighted by Gasteiger charge is 2.28. The summed E-state index contributed by atoms with van der Waals surface area (Å²) in [5.41, 5.74) is 1.05. The lowest BCUT2D eigenvalue weighted by Crippen LogP contribution is -2.45. The monoisotopic (exact) mass is 355 g/mol. The smallest absolute Gasteiger partial charge is 0.321 e. The van der Waals surface area contributed by atoms with Gasteiger partial charge in [0.2, 0.25) is 5.91 Å². The molecule has 1 aliphatic rings. The van der Waals surface area contributed by atoms with Crippen LogP contribution in [0.25, 0.3) is 0 Å². The Bertz CT molecular complexity index is 800. The summed E-state index contributed by atoms with van der Waals surface area (Å²) in [6.07, 6.45) is 3.14. The molecule has 7 nitrogen and oxygen atoms in total. The number of urea groups is 1. The van der Waals surface area contributed by atoms with Crippen molar-refractivity contribution in [3.05, 3.63) is 41.4 Å². The molecule has 2 aromatic rings. The topological polar surface area (TPSA) is 98.1 Å². The summed E-state index contributed by atoms with van der Waals surface area (Å²) in [5, 5.41) is 16.9. The summed E-state index contributed by atoms with van der Waals surface area (Å²) in [4.78, 5) is 30.5. The number of rotatable bonds is 3. The summed E-state index contributed by atoms with van der Waals surface area (Å²) in [6.45, 7) is 0.964. The third-order valence-electron chi connectivity index (χ3n) is 3.98. The van der Waals surface area contributed by atoms with Crippen LogP contribution in [-0.4, -0.2) is 34.9 Å². The van der Waals surface area contributed by atoms with Crippen molar-refractivity contribution in [1.29, 1.82) is 5.26 Å². The zero-order chi connectivity index (χ0) is 17.6. The van der Waals surface area contributed by atoms with Crippen molar-refractivity contribution < 1.29 is 9.59 Å². The second kappa shape index (κ2) is 7.77. The van der Waals surface area contributed by atoms with Gasteiger partial charge in [-0.2, -0.15) is 5.26 Å². The lowest BCUT2D eigenvalue weighted by Gasteiger charge is -2.31. The molecule has 0 bridgehead atoms. The number of benzene rings is 1. The van der Waals surface area contributed by atoms with Crippen molar-refractivity contribution in [3.63, 3.8) is 0 Å². The Kier molecular flexibility index (Phi) is 5.26. The van der Waals surface area contributed by atoms with Gasteiger partial charge < -0.3 is 15.5 Å². The molecule has 1 aromatic carbocycles. The SMILES string of the molecule is N#Cc1cccc(NC(=O)N2CCC[C@H](C(=O)Nc3nccs3)C2)c1. The highest BCUT2D eigenvalue weighted by atomic mass is 32.1. The van der Waals surface area contributed by atoms with E-state index in [-0.39, 0.29) is 17.9 Å². The van der Waals surface area contributed by atoms with E-state index in [2.05, 4.69) is 15.6 Å². The maximum atomic E-state index is 12.4. The molecule has 3 rings (SSSR count). The molecule has 1 aliphatic heterocycles. The quantitative estimate of drug-likeness (QED) is 0.884. The second-order valence-electron chi connectivity index (χ2n) is 5.73. The minimum atomic E-state index is -0.262. The Balaban J connectivity index is 1.59. The number of aromatic nitrogens is 1. The highest BCUT2D eigenvalue weighted by molar-refractivity contribution is 7.13. The fraction of sp³-hybridized carbons (Fsp3) is 0.294. The van der Waals surface area contributed by atoms with E-state index >= 15 is 0 Å². The van der Waals surface area contributed by atoms with Crippen LogP contribution in [0.1, 0.15) is 18.4 Å². The van der Waals surface area contributed by atoms with Crippen molar-refractivity contribution in [2.75, 3.05) is 23.7 Å². The zero-order valence-electron chi connectivity index (χ0n) is 13.4. The fourth-order valence-electron chi connectivity index (χ4n) is 2.74. The van der Waals surface area contributed by atoms with E-state index in [0.717, 1.165) is 12.8 Å². The molecule has 128 valence electrons. The summed E-state index contributed by atoms with van der Waals surface area (Å²) >= 11 is 1.37. The van der Waals surface area contributed by atoms with Crippen molar-refractivity contribution in [2.45, 2.75) is 12.8 Å². The molecule has 0 spiro atoms. The third kappa shape index (κ3) is 4.33. The van der Waals surface area contributed by atoms with Gasteiger partial charge in [0.25, 0.3) is 0 Å². The summed E-state index contributed by atoms with van der Waals surface area (Å²) in [6, 6.07) is 8.52. The number of anilines is 2. The number of nitriles is 1. The lowest BCUT2D eigenvalue weighted by molar-refractivity contribution is -0.121. The maximum absolute atomic E-state index is 12.4. The van der Waals surface area contributed by atoms with Crippen LogP contribution in [0.2, 0.25) is 0 Å². The van der Waals surface area contributed by atoms with Gasteiger partial charge in [-0.15, -0.1) is 11.3 Å². The molecule has 25 heavy (non-hydrogen) atoms. The first kappa shape index (κ1) is 16.9. The Hall–Kier alpha value is -2.92. The van der Waals surface area contributed by atoms with Gasteiger partial charge in [-0.1, -0.05) is 6.07 Å². The number of hydrogen-bond acceptors (Lipinski definition) is 5. The Morgan fingerprint density at radius 3 is 3.00 bits per heavy atom. The van der Waals surface area contributed by atoms with Gasteiger partial charge in [0.05, 0.1) is 17.6 Å². The number of amides is 3. The van der Waals surface area contributed by atoms with Gasteiger partial charge >= 0.3 is 6.03 Å². The van der Waals surface area contributed by atoms with E-state index in [1.165, 1.54) is 11.3 Å². The van der Waals surface area contributed by atoms with E-state index in [4.69, 9.17) is 5.26 Å². The third-order valence-corrected chi connectivity index (χ3v) is 4.67. The average Bonchev–Trinajstić information content (AvgIpc) is 3.15. The predicted octanol–water partition coefficient (Wildman–Crippen LogP) is 2.90. The molecular weight excluding hydrogens is 338 g/mol. The number of nitrogens with one attached hydrogen (secondary N) is 2. The molecule has 1 fully saturated rings. The molecule has 0 saturated carbocycles. The van der Waals surface area contributed by atoms with Crippen LogP contribution < -0.4 is 10.6 Å². The first-order chi connectivity index (χ1) is 12.2. The minimum absolute atomic E-state index is 0.112. The van der Waals surface area contributed by atoms with Gasteiger partial charge in [-0.3, -0.25) is 4.79 Å². The van der Waals surface area contributed by atoms with Crippen molar-refractivity contribution >= 4 is 34.1 Å². The number of carbonyl (C=O) groups is 2. The van der Waals surface area contributed by atoms with Crippen LogP contribution in [-0.2, 0) is 4.79 Å². The van der Waals surface area contributed by atoms with E-state index < -0.39 is 0 Å². The van der Waals surface area contributed by atoms with E-state index in [0.29, 0.717) is 29.5 Å². The van der Waals surface area contributed by atoms with E-state index in [1.54, 1.807) is 40.7 Å². The standard InChI is InChI=1S/C17H17N5O2S/c18-10-12-3-1-5-14(9-12)20-17(24)22-7-2-4-13(11-22)15(23)21-16-19-6-8-25-16/h1,3,5-6,8-9,13H,2,4,7,11H2,(H,20,24)(H,19,21,23)/t13-/m0/s1. The van der Waals surface area contributed by atoms with Crippen LogP contribution in [0.3, 0.4) is 0 Å². The van der Waals surface area contributed by atoms with E-state index in [9.17, 15) is 9.59 Å². The average molecular weight is 355 g/mol. The van der Waals surface area contributed by atoms with Gasteiger partial charge in [-0.05, 0) is 31.0 Å². The van der Waals surface area contributed by atoms with Crippen LogP contribution in [0.4, 0.5) is 15.6 Å². The maximum Gasteiger partial charge on any atom is 0.321 e. The summed E-state index contributed by atoms with van der Waals surface area (Å²) < 4.78 is 0. The Morgan fingerprint density at radius 2 is 2.24 bits per heavy atom. The number of carbonyl (C=O) groups excluding carboxylic acids is 2. The Morgan fingerprint density at radius 1 is 1.36 bits per heavy atom. The number of piperidine rings is 1. The first-order valence-electron chi connectivity index (χ1n) is 7.92. The normalized spacial score (nSPS) is 16.8. The number of thiazole rings is 1.